The molecule has 3 heteroatoms. The highest BCUT2D eigenvalue weighted by Crippen LogP contribution is 2.15. The van der Waals surface area contributed by atoms with Crippen LogP contribution in [0.4, 0.5) is 0 Å². The van der Waals surface area contributed by atoms with Crippen LogP contribution in [0.1, 0.15) is 11.1 Å². The van der Waals surface area contributed by atoms with Gasteiger partial charge in [-0.2, -0.15) is 5.10 Å². The number of halogens is 1. The Morgan fingerprint density at radius 2 is 1.79 bits per heavy atom. The number of aromatic nitrogens is 2. The van der Waals surface area contributed by atoms with Crippen LogP contribution >= 0.6 is 15.9 Å². The molecular formula is C11H11BrN2. The maximum atomic E-state index is 4.24. The van der Waals surface area contributed by atoms with E-state index in [1.165, 1.54) is 11.1 Å². The summed E-state index contributed by atoms with van der Waals surface area (Å²) in [4.78, 5) is 0. The molecule has 72 valence electrons. The summed E-state index contributed by atoms with van der Waals surface area (Å²) in [6.45, 7) is 4.18. The molecule has 0 N–H and O–H groups in total. The second-order valence-corrected chi connectivity index (χ2v) is 4.36. The first-order chi connectivity index (χ1) is 6.65. The molecule has 1 heterocycles. The van der Waals surface area contributed by atoms with Crippen molar-refractivity contribution in [3.63, 3.8) is 0 Å². The lowest BCUT2D eigenvalue weighted by Crippen LogP contribution is -1.95. The standard InChI is InChI=1S/C11H11BrN2/c1-8-3-9(2)5-11(4-8)14-7-10(12)6-13-14/h3-7H,1-2H3. The van der Waals surface area contributed by atoms with E-state index in [9.17, 15) is 0 Å². The normalized spacial score (nSPS) is 10.5. The summed E-state index contributed by atoms with van der Waals surface area (Å²) in [6, 6.07) is 6.39. The van der Waals surface area contributed by atoms with Gasteiger partial charge in [-0.1, -0.05) is 6.07 Å². The molecule has 1 aromatic heterocycles. The van der Waals surface area contributed by atoms with Gasteiger partial charge in [0.05, 0.1) is 16.4 Å². The van der Waals surface area contributed by atoms with E-state index in [0.717, 1.165) is 10.2 Å². The lowest BCUT2D eigenvalue weighted by Gasteiger charge is -2.04. The van der Waals surface area contributed by atoms with Crippen LogP contribution in [0.15, 0.2) is 35.1 Å². The summed E-state index contributed by atoms with van der Waals surface area (Å²) in [5.74, 6) is 0. The Labute approximate surface area is 91.7 Å². The molecule has 14 heavy (non-hydrogen) atoms. The Hall–Kier alpha value is -1.09. The first-order valence-corrected chi connectivity index (χ1v) is 5.23. The largest absolute Gasteiger partial charge is 0.240 e. The zero-order valence-corrected chi connectivity index (χ0v) is 9.75. The highest BCUT2D eigenvalue weighted by Gasteiger charge is 2.00. The average Bonchev–Trinajstić information content (AvgIpc) is 2.50. The Morgan fingerprint density at radius 1 is 1.14 bits per heavy atom. The number of nitrogens with zero attached hydrogens (tertiary/aromatic N) is 2. The van der Waals surface area contributed by atoms with Crippen LogP contribution in [0.2, 0.25) is 0 Å². The molecule has 0 bridgehead atoms. The summed E-state index contributed by atoms with van der Waals surface area (Å²) in [7, 11) is 0. The van der Waals surface area contributed by atoms with E-state index in [1.54, 1.807) is 6.20 Å². The number of benzene rings is 1. The smallest absolute Gasteiger partial charge is 0.0651 e. The number of hydrogen-bond acceptors (Lipinski definition) is 1. The molecule has 0 unspecified atom stereocenters. The minimum absolute atomic E-state index is 0.997. The number of hydrogen-bond donors (Lipinski definition) is 0. The number of aryl methyl sites for hydroxylation is 2. The van der Waals surface area contributed by atoms with Crippen molar-refractivity contribution in [2.24, 2.45) is 0 Å². The second-order valence-electron chi connectivity index (χ2n) is 3.45. The summed E-state index contributed by atoms with van der Waals surface area (Å²) in [6.07, 6.45) is 3.74. The SMILES string of the molecule is Cc1cc(C)cc(-n2cc(Br)cn2)c1. The molecule has 0 saturated heterocycles. The van der Waals surface area contributed by atoms with Crippen molar-refractivity contribution in [2.75, 3.05) is 0 Å². The first kappa shape index (κ1) is 9.46. The van der Waals surface area contributed by atoms with E-state index in [0.29, 0.717) is 0 Å². The van der Waals surface area contributed by atoms with Crippen LogP contribution in [-0.4, -0.2) is 9.78 Å². The molecule has 2 nitrogen and oxygen atoms in total. The van der Waals surface area contributed by atoms with Crippen molar-refractivity contribution in [2.45, 2.75) is 13.8 Å². The predicted molar refractivity (Wildman–Crippen MR) is 60.7 cm³/mol. The zero-order valence-electron chi connectivity index (χ0n) is 8.16. The molecule has 0 saturated carbocycles. The molecule has 0 amide bonds. The quantitative estimate of drug-likeness (QED) is 0.760. The van der Waals surface area contributed by atoms with Gasteiger partial charge in [-0.3, -0.25) is 0 Å². The van der Waals surface area contributed by atoms with Gasteiger partial charge in [0, 0.05) is 6.20 Å². The van der Waals surface area contributed by atoms with Crippen molar-refractivity contribution >= 4 is 15.9 Å². The fourth-order valence-electron chi connectivity index (χ4n) is 1.52. The van der Waals surface area contributed by atoms with Gasteiger partial charge in [-0.15, -0.1) is 0 Å². The van der Waals surface area contributed by atoms with E-state index in [1.807, 2.05) is 10.9 Å². The Bertz CT molecular complexity index is 440. The van der Waals surface area contributed by atoms with E-state index in [4.69, 9.17) is 0 Å². The summed E-state index contributed by atoms with van der Waals surface area (Å²) in [5, 5.41) is 4.24. The average molecular weight is 251 g/mol. The molecule has 0 aliphatic heterocycles. The Kier molecular flexibility index (Phi) is 2.42. The molecule has 0 radical (unpaired) electrons. The lowest BCUT2D eigenvalue weighted by atomic mass is 10.1. The third-order valence-corrected chi connectivity index (χ3v) is 2.43. The minimum Gasteiger partial charge on any atom is -0.240 e. The summed E-state index contributed by atoms with van der Waals surface area (Å²) in [5.41, 5.74) is 3.62. The van der Waals surface area contributed by atoms with E-state index < -0.39 is 0 Å². The molecule has 0 atom stereocenters. The maximum Gasteiger partial charge on any atom is 0.0651 e. The van der Waals surface area contributed by atoms with Crippen molar-refractivity contribution in [3.8, 4) is 5.69 Å². The summed E-state index contributed by atoms with van der Waals surface area (Å²) >= 11 is 3.38. The van der Waals surface area contributed by atoms with Crippen molar-refractivity contribution in [3.05, 3.63) is 46.2 Å². The third-order valence-electron chi connectivity index (χ3n) is 2.02. The third kappa shape index (κ3) is 1.87. The van der Waals surface area contributed by atoms with Gasteiger partial charge in [0.2, 0.25) is 0 Å². The van der Waals surface area contributed by atoms with E-state index in [2.05, 4.69) is 53.1 Å². The maximum absolute atomic E-state index is 4.24. The van der Waals surface area contributed by atoms with Crippen LogP contribution in [0, 0.1) is 13.8 Å². The fraction of sp³-hybridized carbons (Fsp3) is 0.182. The molecule has 0 fully saturated rings. The molecule has 2 rings (SSSR count). The van der Waals surface area contributed by atoms with Crippen molar-refractivity contribution in [1.29, 1.82) is 0 Å². The Morgan fingerprint density at radius 3 is 2.29 bits per heavy atom. The summed E-state index contributed by atoms with van der Waals surface area (Å²) < 4.78 is 2.86. The number of rotatable bonds is 1. The molecule has 2 aromatic rings. The van der Waals surface area contributed by atoms with E-state index in [-0.39, 0.29) is 0 Å². The monoisotopic (exact) mass is 250 g/mol. The van der Waals surface area contributed by atoms with Gasteiger partial charge in [0.1, 0.15) is 0 Å². The topological polar surface area (TPSA) is 17.8 Å². The second kappa shape index (κ2) is 3.58. The van der Waals surface area contributed by atoms with Gasteiger partial charge in [0.25, 0.3) is 0 Å². The zero-order chi connectivity index (χ0) is 10.1. The molecule has 1 aromatic carbocycles. The molecule has 0 spiro atoms. The highest BCUT2D eigenvalue weighted by molar-refractivity contribution is 9.10. The van der Waals surface area contributed by atoms with Gasteiger partial charge in [-0.05, 0) is 53.0 Å². The minimum atomic E-state index is 0.997. The van der Waals surface area contributed by atoms with Crippen LogP contribution in [-0.2, 0) is 0 Å². The lowest BCUT2D eigenvalue weighted by molar-refractivity contribution is 0.877. The van der Waals surface area contributed by atoms with Crippen molar-refractivity contribution < 1.29 is 0 Å². The molecule has 0 aliphatic carbocycles. The Balaban J connectivity index is 2.51. The fourth-order valence-corrected chi connectivity index (χ4v) is 1.81. The first-order valence-electron chi connectivity index (χ1n) is 4.44. The van der Waals surface area contributed by atoms with Crippen LogP contribution < -0.4 is 0 Å². The predicted octanol–water partition coefficient (Wildman–Crippen LogP) is 3.25. The van der Waals surface area contributed by atoms with Gasteiger partial charge >= 0.3 is 0 Å². The molecule has 0 aliphatic rings. The van der Waals surface area contributed by atoms with Crippen LogP contribution in [0.3, 0.4) is 0 Å². The van der Waals surface area contributed by atoms with E-state index >= 15 is 0 Å². The molecular weight excluding hydrogens is 240 g/mol. The van der Waals surface area contributed by atoms with Crippen LogP contribution in [0.5, 0.6) is 0 Å². The van der Waals surface area contributed by atoms with Gasteiger partial charge in [-0.25, -0.2) is 4.68 Å². The van der Waals surface area contributed by atoms with Gasteiger partial charge in [0.15, 0.2) is 0 Å². The van der Waals surface area contributed by atoms with Crippen LogP contribution in [0.25, 0.3) is 5.69 Å². The highest BCUT2D eigenvalue weighted by atomic mass is 79.9. The van der Waals surface area contributed by atoms with Crippen molar-refractivity contribution in [1.82, 2.24) is 9.78 Å². The van der Waals surface area contributed by atoms with Gasteiger partial charge < -0.3 is 0 Å².